The number of aryl methyl sites for hydroxylation is 1. The van der Waals surface area contributed by atoms with Crippen LogP contribution < -0.4 is 10.6 Å². The summed E-state index contributed by atoms with van der Waals surface area (Å²) in [6, 6.07) is 14.7. The lowest BCUT2D eigenvalue weighted by atomic mass is 9.91. The largest absolute Gasteiger partial charge is 0.325 e. The number of amides is 4. The molecule has 0 aromatic heterocycles. The average molecular weight is 408 g/mol. The Morgan fingerprint density at radius 1 is 1.07 bits per heavy atom. The van der Waals surface area contributed by atoms with Gasteiger partial charge in [0.1, 0.15) is 12.1 Å². The molecule has 30 heavy (non-hydrogen) atoms. The third-order valence-electron chi connectivity index (χ3n) is 5.51. The van der Waals surface area contributed by atoms with Crippen molar-refractivity contribution in [3.05, 3.63) is 65.2 Å². The lowest BCUT2D eigenvalue weighted by Crippen LogP contribution is -2.42. The quantitative estimate of drug-likeness (QED) is 0.676. The molecule has 6 nitrogen and oxygen atoms in total. The molecule has 0 spiro atoms. The average Bonchev–Trinajstić information content (AvgIpc) is 2.93. The normalized spacial score (nSPS) is 18.6. The van der Waals surface area contributed by atoms with Crippen LogP contribution in [0.15, 0.2) is 48.5 Å². The first-order chi connectivity index (χ1) is 14.2. The second-order valence-electron chi connectivity index (χ2n) is 8.22. The lowest BCUT2D eigenvalue weighted by Gasteiger charge is -2.22. The Hall–Kier alpha value is -3.15. The number of hydrogen-bond acceptors (Lipinski definition) is 3. The fourth-order valence-electron chi connectivity index (χ4n) is 3.63. The Labute approximate surface area is 177 Å². The standard InChI is InChI=1S/C24H29N3O3/c1-5-6-17-7-11-19(12-8-17)24(4)22(29)27(23(30)26-24)15-21(28)25-20-13-9-18(10-14-20)16(2)3/h7-14,16H,5-6,15H2,1-4H3,(H,25,28)(H,26,30)/t24-/m1/s1. The van der Waals surface area contributed by atoms with E-state index >= 15 is 0 Å². The van der Waals surface area contributed by atoms with Gasteiger partial charge in [0.15, 0.2) is 0 Å². The number of nitrogens with zero attached hydrogens (tertiary/aromatic N) is 1. The van der Waals surface area contributed by atoms with E-state index in [1.807, 2.05) is 48.5 Å². The first kappa shape index (κ1) is 21.6. The molecule has 158 valence electrons. The SMILES string of the molecule is CCCc1ccc([C@@]2(C)NC(=O)N(CC(=O)Nc3ccc(C(C)C)cc3)C2=O)cc1. The van der Waals surface area contributed by atoms with Gasteiger partial charge in [-0.2, -0.15) is 0 Å². The van der Waals surface area contributed by atoms with Crippen LogP contribution in [0.2, 0.25) is 0 Å². The topological polar surface area (TPSA) is 78.5 Å². The Bertz CT molecular complexity index is 935. The van der Waals surface area contributed by atoms with Crippen LogP contribution in [-0.4, -0.2) is 29.3 Å². The summed E-state index contributed by atoms with van der Waals surface area (Å²) in [7, 11) is 0. The third kappa shape index (κ3) is 4.37. The molecule has 4 amide bonds. The van der Waals surface area contributed by atoms with Crippen molar-refractivity contribution < 1.29 is 14.4 Å². The summed E-state index contributed by atoms with van der Waals surface area (Å²) >= 11 is 0. The van der Waals surface area contributed by atoms with Crippen molar-refractivity contribution in [2.75, 3.05) is 11.9 Å². The molecule has 2 N–H and O–H groups in total. The van der Waals surface area contributed by atoms with Crippen molar-refractivity contribution >= 4 is 23.5 Å². The number of urea groups is 1. The summed E-state index contributed by atoms with van der Waals surface area (Å²) in [6.45, 7) is 7.64. The maximum Gasteiger partial charge on any atom is 0.325 e. The second kappa shape index (κ2) is 8.69. The van der Waals surface area contributed by atoms with E-state index in [2.05, 4.69) is 31.4 Å². The van der Waals surface area contributed by atoms with E-state index in [1.54, 1.807) is 6.92 Å². The molecular weight excluding hydrogens is 378 g/mol. The summed E-state index contributed by atoms with van der Waals surface area (Å²) in [4.78, 5) is 38.9. The predicted molar refractivity (Wildman–Crippen MR) is 117 cm³/mol. The summed E-state index contributed by atoms with van der Waals surface area (Å²) in [5.74, 6) is -0.450. The monoisotopic (exact) mass is 407 g/mol. The van der Waals surface area contributed by atoms with E-state index in [9.17, 15) is 14.4 Å². The molecule has 0 saturated carbocycles. The second-order valence-corrected chi connectivity index (χ2v) is 8.22. The van der Waals surface area contributed by atoms with Crippen LogP contribution in [0.1, 0.15) is 56.7 Å². The summed E-state index contributed by atoms with van der Waals surface area (Å²) in [5.41, 5.74) is 2.50. The van der Waals surface area contributed by atoms with Crippen LogP contribution in [0.3, 0.4) is 0 Å². The zero-order valence-corrected chi connectivity index (χ0v) is 18.0. The number of carbonyl (C=O) groups is 3. The van der Waals surface area contributed by atoms with E-state index in [4.69, 9.17) is 0 Å². The Morgan fingerprint density at radius 3 is 2.27 bits per heavy atom. The van der Waals surface area contributed by atoms with Gasteiger partial charge in [-0.05, 0) is 48.1 Å². The minimum Gasteiger partial charge on any atom is -0.325 e. The van der Waals surface area contributed by atoms with Gasteiger partial charge in [0.25, 0.3) is 5.91 Å². The molecule has 1 aliphatic heterocycles. The molecule has 2 aromatic rings. The van der Waals surface area contributed by atoms with Crippen molar-refractivity contribution in [2.45, 2.75) is 52.0 Å². The van der Waals surface area contributed by atoms with Crippen molar-refractivity contribution in [1.82, 2.24) is 10.2 Å². The summed E-state index contributed by atoms with van der Waals surface area (Å²) in [6.07, 6.45) is 2.00. The highest BCUT2D eigenvalue weighted by molar-refractivity contribution is 6.10. The van der Waals surface area contributed by atoms with Gasteiger partial charge in [0.05, 0.1) is 0 Å². The van der Waals surface area contributed by atoms with Crippen LogP contribution in [-0.2, 0) is 21.5 Å². The Morgan fingerprint density at radius 2 is 1.70 bits per heavy atom. The fraction of sp³-hybridized carbons (Fsp3) is 0.375. The highest BCUT2D eigenvalue weighted by atomic mass is 16.2. The van der Waals surface area contributed by atoms with Crippen LogP contribution in [0.25, 0.3) is 0 Å². The molecule has 3 rings (SSSR count). The highest BCUT2D eigenvalue weighted by Crippen LogP contribution is 2.29. The van der Waals surface area contributed by atoms with Crippen molar-refractivity contribution in [3.8, 4) is 0 Å². The summed E-state index contributed by atoms with van der Waals surface area (Å²) in [5, 5.41) is 5.50. The van der Waals surface area contributed by atoms with E-state index in [-0.39, 0.29) is 6.54 Å². The molecule has 0 aliphatic carbocycles. The minimum atomic E-state index is -1.18. The molecule has 2 aromatic carbocycles. The third-order valence-corrected chi connectivity index (χ3v) is 5.51. The molecule has 0 radical (unpaired) electrons. The van der Waals surface area contributed by atoms with Gasteiger partial charge in [0.2, 0.25) is 5.91 Å². The van der Waals surface area contributed by atoms with Crippen LogP contribution in [0, 0.1) is 0 Å². The number of benzene rings is 2. The molecule has 1 heterocycles. The van der Waals surface area contributed by atoms with Gasteiger partial charge in [0, 0.05) is 5.69 Å². The molecule has 0 bridgehead atoms. The molecule has 1 atom stereocenters. The van der Waals surface area contributed by atoms with Gasteiger partial charge in [-0.25, -0.2) is 4.79 Å². The lowest BCUT2D eigenvalue weighted by molar-refractivity contribution is -0.133. The maximum absolute atomic E-state index is 13.0. The van der Waals surface area contributed by atoms with Crippen LogP contribution in [0.5, 0.6) is 0 Å². The van der Waals surface area contributed by atoms with Crippen LogP contribution >= 0.6 is 0 Å². The maximum atomic E-state index is 13.0. The molecule has 1 fully saturated rings. The first-order valence-corrected chi connectivity index (χ1v) is 10.4. The number of imide groups is 1. The van der Waals surface area contributed by atoms with E-state index in [0.29, 0.717) is 17.2 Å². The van der Waals surface area contributed by atoms with E-state index in [1.165, 1.54) is 11.1 Å². The van der Waals surface area contributed by atoms with Gasteiger partial charge in [-0.1, -0.05) is 63.6 Å². The molecular formula is C24H29N3O3. The number of anilines is 1. The number of carbonyl (C=O) groups excluding carboxylic acids is 3. The van der Waals surface area contributed by atoms with Gasteiger partial charge < -0.3 is 10.6 Å². The van der Waals surface area contributed by atoms with Gasteiger partial charge in [-0.15, -0.1) is 0 Å². The first-order valence-electron chi connectivity index (χ1n) is 10.4. The van der Waals surface area contributed by atoms with E-state index in [0.717, 1.165) is 17.7 Å². The Kier molecular flexibility index (Phi) is 6.25. The van der Waals surface area contributed by atoms with Crippen LogP contribution in [0.4, 0.5) is 10.5 Å². The van der Waals surface area contributed by atoms with Crippen molar-refractivity contribution in [2.24, 2.45) is 0 Å². The predicted octanol–water partition coefficient (Wildman–Crippen LogP) is 4.17. The smallest absolute Gasteiger partial charge is 0.325 e. The van der Waals surface area contributed by atoms with Crippen molar-refractivity contribution in [3.63, 3.8) is 0 Å². The molecule has 6 heteroatoms. The number of hydrogen-bond donors (Lipinski definition) is 2. The minimum absolute atomic E-state index is 0.333. The molecule has 1 aliphatic rings. The van der Waals surface area contributed by atoms with Gasteiger partial charge >= 0.3 is 6.03 Å². The Balaban J connectivity index is 1.68. The fourth-order valence-corrected chi connectivity index (χ4v) is 3.63. The number of nitrogens with one attached hydrogen (secondary N) is 2. The highest BCUT2D eigenvalue weighted by Gasteiger charge is 2.49. The van der Waals surface area contributed by atoms with E-state index < -0.39 is 23.4 Å². The zero-order valence-electron chi connectivity index (χ0n) is 18.0. The molecule has 1 saturated heterocycles. The summed E-state index contributed by atoms with van der Waals surface area (Å²) < 4.78 is 0. The van der Waals surface area contributed by atoms with Gasteiger partial charge in [-0.3, -0.25) is 14.5 Å². The number of rotatable bonds is 7. The zero-order chi connectivity index (χ0) is 21.9. The molecule has 0 unspecified atom stereocenters. The van der Waals surface area contributed by atoms with Crippen molar-refractivity contribution in [1.29, 1.82) is 0 Å².